The molecule has 1 heterocycles. The Bertz CT molecular complexity index is 933. The van der Waals surface area contributed by atoms with Gasteiger partial charge < -0.3 is 15.4 Å². The van der Waals surface area contributed by atoms with Crippen LogP contribution in [0.25, 0.3) is 22.4 Å². The van der Waals surface area contributed by atoms with E-state index in [1.807, 2.05) is 24.3 Å². The van der Waals surface area contributed by atoms with Crippen LogP contribution in [-0.4, -0.2) is 10.3 Å². The van der Waals surface area contributed by atoms with Gasteiger partial charge in [0.25, 0.3) is 0 Å². The summed E-state index contributed by atoms with van der Waals surface area (Å²) in [6.07, 6.45) is 1.93. The minimum atomic E-state index is -0.218. The fraction of sp³-hybridized carbons (Fsp3) is 0.190. The summed E-state index contributed by atoms with van der Waals surface area (Å²) in [5.74, 6) is 0.902. The highest BCUT2D eigenvalue weighted by molar-refractivity contribution is 5.76. The van der Waals surface area contributed by atoms with Crippen molar-refractivity contribution in [2.75, 3.05) is 5.73 Å². The first kappa shape index (κ1) is 15.5. The van der Waals surface area contributed by atoms with Gasteiger partial charge in [-0.05, 0) is 36.5 Å². The van der Waals surface area contributed by atoms with Gasteiger partial charge in [0.2, 0.25) is 0 Å². The molecule has 0 radical (unpaired) electrons. The van der Waals surface area contributed by atoms with Gasteiger partial charge in [0.15, 0.2) is 5.76 Å². The van der Waals surface area contributed by atoms with Crippen molar-refractivity contribution in [3.63, 3.8) is 0 Å². The first-order chi connectivity index (χ1) is 12.0. The van der Waals surface area contributed by atoms with Crippen LogP contribution in [0.5, 0.6) is 0 Å². The Labute approximate surface area is 146 Å². The Morgan fingerprint density at radius 3 is 2.00 bits per heavy atom. The molecule has 2 aromatic carbocycles. The fourth-order valence-electron chi connectivity index (χ4n) is 3.26. The Kier molecular flexibility index (Phi) is 3.42. The standard InChI is InChI=1S/C21H20N2O2/c1-13-19(22)20(23-25-13)17-5-3-15(4-6-17)16-7-9-18(10-8-16)21(11-12-21)14(2)24/h3-10,24H,2,11-12,22H2,1H3. The molecule has 4 heteroatoms. The summed E-state index contributed by atoms with van der Waals surface area (Å²) in [5.41, 5.74) is 11.3. The molecule has 3 N–H and O–H groups in total. The zero-order valence-electron chi connectivity index (χ0n) is 14.1. The van der Waals surface area contributed by atoms with Crippen LogP contribution < -0.4 is 5.73 Å². The van der Waals surface area contributed by atoms with E-state index < -0.39 is 0 Å². The molecular formula is C21H20N2O2. The number of anilines is 1. The number of benzene rings is 2. The van der Waals surface area contributed by atoms with E-state index in [2.05, 4.69) is 36.0 Å². The van der Waals surface area contributed by atoms with Crippen LogP contribution in [0.3, 0.4) is 0 Å². The molecule has 1 fully saturated rings. The molecule has 0 atom stereocenters. The third kappa shape index (κ3) is 2.50. The van der Waals surface area contributed by atoms with E-state index in [4.69, 9.17) is 10.3 Å². The van der Waals surface area contributed by atoms with Crippen LogP contribution >= 0.6 is 0 Å². The minimum absolute atomic E-state index is 0.218. The van der Waals surface area contributed by atoms with Crippen LogP contribution in [0.1, 0.15) is 24.2 Å². The number of rotatable bonds is 4. The van der Waals surface area contributed by atoms with E-state index in [9.17, 15) is 5.11 Å². The van der Waals surface area contributed by atoms with E-state index in [-0.39, 0.29) is 11.2 Å². The highest BCUT2D eigenvalue weighted by Crippen LogP contribution is 2.52. The van der Waals surface area contributed by atoms with Crippen molar-refractivity contribution in [1.82, 2.24) is 5.16 Å². The van der Waals surface area contributed by atoms with Crippen molar-refractivity contribution in [1.29, 1.82) is 0 Å². The van der Waals surface area contributed by atoms with Gasteiger partial charge in [0.1, 0.15) is 11.4 Å². The van der Waals surface area contributed by atoms with Crippen molar-refractivity contribution in [3.8, 4) is 22.4 Å². The Morgan fingerprint density at radius 2 is 1.56 bits per heavy atom. The number of aliphatic hydroxyl groups is 1. The second-order valence-corrected chi connectivity index (χ2v) is 6.68. The molecule has 1 aliphatic rings. The second-order valence-electron chi connectivity index (χ2n) is 6.68. The third-order valence-electron chi connectivity index (χ3n) is 5.14. The van der Waals surface area contributed by atoms with E-state index in [1.54, 1.807) is 6.92 Å². The van der Waals surface area contributed by atoms with Gasteiger partial charge in [-0.2, -0.15) is 0 Å². The maximum absolute atomic E-state index is 9.83. The molecule has 4 rings (SSSR count). The highest BCUT2D eigenvalue weighted by atomic mass is 16.5. The lowest BCUT2D eigenvalue weighted by atomic mass is 9.92. The molecule has 4 nitrogen and oxygen atoms in total. The maximum Gasteiger partial charge on any atom is 0.157 e. The van der Waals surface area contributed by atoms with Gasteiger partial charge in [-0.15, -0.1) is 0 Å². The minimum Gasteiger partial charge on any atom is -0.512 e. The van der Waals surface area contributed by atoms with Gasteiger partial charge in [-0.3, -0.25) is 0 Å². The summed E-state index contributed by atoms with van der Waals surface area (Å²) in [7, 11) is 0. The Balaban J connectivity index is 1.60. The molecule has 25 heavy (non-hydrogen) atoms. The number of nitrogen functional groups attached to an aromatic ring is 1. The molecule has 0 spiro atoms. The lowest BCUT2D eigenvalue weighted by molar-refractivity contribution is 0.362. The van der Waals surface area contributed by atoms with Gasteiger partial charge in [-0.1, -0.05) is 60.3 Å². The monoisotopic (exact) mass is 332 g/mol. The summed E-state index contributed by atoms with van der Waals surface area (Å²) in [6.45, 7) is 5.53. The van der Waals surface area contributed by atoms with Crippen molar-refractivity contribution >= 4 is 5.69 Å². The summed E-state index contributed by atoms with van der Waals surface area (Å²) < 4.78 is 5.13. The molecule has 0 bridgehead atoms. The molecule has 3 aromatic rings. The van der Waals surface area contributed by atoms with E-state index in [1.165, 1.54) is 0 Å². The number of aromatic nitrogens is 1. The van der Waals surface area contributed by atoms with Crippen LogP contribution in [0, 0.1) is 6.92 Å². The summed E-state index contributed by atoms with van der Waals surface area (Å²) >= 11 is 0. The average Bonchev–Trinajstić information content (AvgIpc) is 3.38. The third-order valence-corrected chi connectivity index (χ3v) is 5.14. The Hall–Kier alpha value is -3.01. The van der Waals surface area contributed by atoms with Crippen LogP contribution in [0.15, 0.2) is 65.4 Å². The van der Waals surface area contributed by atoms with Crippen molar-refractivity contribution in [2.45, 2.75) is 25.2 Å². The molecule has 1 aromatic heterocycles. The zero-order valence-corrected chi connectivity index (χ0v) is 14.1. The lowest BCUT2D eigenvalue weighted by Crippen LogP contribution is -2.08. The number of nitrogens with zero attached hydrogens (tertiary/aromatic N) is 1. The molecule has 126 valence electrons. The molecule has 0 unspecified atom stereocenters. The molecule has 0 saturated heterocycles. The number of allylic oxidation sites excluding steroid dienone is 1. The summed E-state index contributed by atoms with van der Waals surface area (Å²) in [4.78, 5) is 0. The predicted octanol–water partition coefficient (Wildman–Crippen LogP) is 5.00. The van der Waals surface area contributed by atoms with Crippen LogP contribution in [0.4, 0.5) is 5.69 Å². The van der Waals surface area contributed by atoms with Gasteiger partial charge in [0, 0.05) is 5.56 Å². The number of nitrogens with two attached hydrogens (primary N) is 1. The van der Waals surface area contributed by atoms with Crippen molar-refractivity contribution in [3.05, 3.63) is 72.2 Å². The molecule has 0 aliphatic heterocycles. The topological polar surface area (TPSA) is 72.3 Å². The van der Waals surface area contributed by atoms with Crippen LogP contribution in [0.2, 0.25) is 0 Å². The maximum atomic E-state index is 9.83. The number of aryl methyl sites for hydroxylation is 1. The van der Waals surface area contributed by atoms with Gasteiger partial charge in [0.05, 0.1) is 11.2 Å². The van der Waals surface area contributed by atoms with Crippen LogP contribution in [-0.2, 0) is 5.41 Å². The fourth-order valence-corrected chi connectivity index (χ4v) is 3.26. The smallest absolute Gasteiger partial charge is 0.157 e. The quantitative estimate of drug-likeness (QED) is 0.659. The van der Waals surface area contributed by atoms with E-state index in [0.717, 1.165) is 35.1 Å². The number of aliphatic hydroxyl groups excluding tert-OH is 1. The largest absolute Gasteiger partial charge is 0.512 e. The summed E-state index contributed by atoms with van der Waals surface area (Å²) in [6, 6.07) is 16.4. The van der Waals surface area contributed by atoms with E-state index in [0.29, 0.717) is 17.1 Å². The zero-order chi connectivity index (χ0) is 17.6. The molecular weight excluding hydrogens is 312 g/mol. The lowest BCUT2D eigenvalue weighted by Gasteiger charge is -2.14. The number of hydrogen-bond acceptors (Lipinski definition) is 4. The first-order valence-electron chi connectivity index (χ1n) is 8.33. The van der Waals surface area contributed by atoms with Crippen molar-refractivity contribution < 1.29 is 9.63 Å². The molecule has 1 aliphatic carbocycles. The Morgan fingerprint density at radius 1 is 1.04 bits per heavy atom. The molecule has 0 amide bonds. The first-order valence-corrected chi connectivity index (χ1v) is 8.33. The SMILES string of the molecule is C=C(O)C1(c2ccc(-c3ccc(-c4noc(C)c4N)cc3)cc2)CC1. The predicted molar refractivity (Wildman–Crippen MR) is 99.2 cm³/mol. The van der Waals surface area contributed by atoms with Gasteiger partial charge in [-0.25, -0.2) is 0 Å². The van der Waals surface area contributed by atoms with Crippen molar-refractivity contribution in [2.24, 2.45) is 0 Å². The normalized spacial score (nSPS) is 15.1. The molecule has 1 saturated carbocycles. The average molecular weight is 332 g/mol. The number of hydrogen-bond donors (Lipinski definition) is 2. The van der Waals surface area contributed by atoms with Gasteiger partial charge >= 0.3 is 0 Å². The highest BCUT2D eigenvalue weighted by Gasteiger charge is 2.47. The second kappa shape index (κ2) is 5.52. The van der Waals surface area contributed by atoms with E-state index >= 15 is 0 Å². The summed E-state index contributed by atoms with van der Waals surface area (Å²) in [5, 5.41) is 13.8.